The molecule has 4 aromatic rings. The van der Waals surface area contributed by atoms with Gasteiger partial charge >= 0.3 is 6.01 Å². The van der Waals surface area contributed by atoms with Gasteiger partial charge in [0.15, 0.2) is 0 Å². The SMILES string of the molecule is CC(C)CN(c1ccnc(N[C@@H](C)c2cc3cc(Cl)ccc3[nH]c2=O)n1)c1ncco1. The lowest BCUT2D eigenvalue weighted by atomic mass is 10.1. The van der Waals surface area contributed by atoms with Gasteiger partial charge in [-0.05, 0) is 43.2 Å². The number of nitrogens with one attached hydrogen (secondary N) is 2. The number of halogens is 1. The van der Waals surface area contributed by atoms with Gasteiger partial charge in [0.2, 0.25) is 5.95 Å². The van der Waals surface area contributed by atoms with Crippen molar-refractivity contribution in [3.05, 3.63) is 69.9 Å². The highest BCUT2D eigenvalue weighted by Crippen LogP contribution is 2.25. The number of pyridine rings is 1. The molecule has 31 heavy (non-hydrogen) atoms. The summed E-state index contributed by atoms with van der Waals surface area (Å²) in [6.07, 6.45) is 4.80. The molecule has 3 aromatic heterocycles. The number of rotatable bonds is 7. The minimum Gasteiger partial charge on any atom is -0.432 e. The Morgan fingerprint density at radius 1 is 1.16 bits per heavy atom. The van der Waals surface area contributed by atoms with E-state index in [0.29, 0.717) is 40.8 Å². The van der Waals surface area contributed by atoms with Gasteiger partial charge in [-0.15, -0.1) is 0 Å². The summed E-state index contributed by atoms with van der Waals surface area (Å²) in [6.45, 7) is 6.78. The van der Waals surface area contributed by atoms with Gasteiger partial charge in [-0.25, -0.2) is 9.97 Å². The molecule has 0 amide bonds. The van der Waals surface area contributed by atoms with Crippen molar-refractivity contribution < 1.29 is 4.42 Å². The third kappa shape index (κ3) is 4.69. The fraction of sp³-hybridized carbons (Fsp3) is 0.273. The number of aromatic amines is 1. The fourth-order valence-corrected chi connectivity index (χ4v) is 3.52. The van der Waals surface area contributed by atoms with E-state index in [0.717, 1.165) is 10.9 Å². The van der Waals surface area contributed by atoms with Gasteiger partial charge < -0.3 is 14.7 Å². The van der Waals surface area contributed by atoms with Crippen LogP contribution in [0.4, 0.5) is 17.8 Å². The van der Waals surface area contributed by atoms with Crippen LogP contribution in [0.5, 0.6) is 0 Å². The molecule has 0 bridgehead atoms. The van der Waals surface area contributed by atoms with Crippen molar-refractivity contribution in [2.45, 2.75) is 26.8 Å². The normalized spacial score (nSPS) is 12.3. The first-order valence-electron chi connectivity index (χ1n) is 10.00. The molecule has 0 saturated carbocycles. The molecule has 9 heteroatoms. The maximum absolute atomic E-state index is 12.6. The van der Waals surface area contributed by atoms with Crippen molar-refractivity contribution in [3.8, 4) is 0 Å². The molecule has 0 fully saturated rings. The standard InChI is InChI=1S/C22H23ClN6O2/c1-13(2)12-29(22-25-8-9-31-22)19-6-7-24-21(28-19)26-14(3)17-11-15-10-16(23)4-5-18(15)27-20(17)30/h4-11,13-14H,12H2,1-3H3,(H,27,30)(H,24,26,28)/t14-/m0/s1. The predicted octanol–water partition coefficient (Wildman–Crippen LogP) is 4.93. The molecular weight excluding hydrogens is 416 g/mol. The molecule has 1 aromatic carbocycles. The van der Waals surface area contributed by atoms with Crippen LogP contribution in [0.2, 0.25) is 5.02 Å². The van der Waals surface area contributed by atoms with Crippen molar-refractivity contribution in [1.82, 2.24) is 19.9 Å². The number of benzene rings is 1. The fourth-order valence-electron chi connectivity index (χ4n) is 3.34. The van der Waals surface area contributed by atoms with Crippen LogP contribution in [0.1, 0.15) is 32.4 Å². The van der Waals surface area contributed by atoms with Crippen molar-refractivity contribution in [2.75, 3.05) is 16.8 Å². The zero-order valence-corrected chi connectivity index (χ0v) is 18.2. The van der Waals surface area contributed by atoms with Gasteiger partial charge in [-0.3, -0.25) is 9.69 Å². The van der Waals surface area contributed by atoms with Crippen molar-refractivity contribution in [1.29, 1.82) is 0 Å². The van der Waals surface area contributed by atoms with E-state index in [1.807, 2.05) is 24.0 Å². The van der Waals surface area contributed by atoms with Gasteiger partial charge in [0.25, 0.3) is 5.56 Å². The van der Waals surface area contributed by atoms with Crippen LogP contribution >= 0.6 is 11.6 Å². The van der Waals surface area contributed by atoms with Gasteiger partial charge in [-0.1, -0.05) is 25.4 Å². The molecule has 0 aliphatic heterocycles. The van der Waals surface area contributed by atoms with Crippen LogP contribution in [0.15, 0.2) is 58.2 Å². The van der Waals surface area contributed by atoms with E-state index in [4.69, 9.17) is 16.0 Å². The molecule has 0 aliphatic carbocycles. The number of hydrogen-bond acceptors (Lipinski definition) is 7. The summed E-state index contributed by atoms with van der Waals surface area (Å²) in [6, 6.07) is 9.13. The molecular formula is C22H23ClN6O2. The quantitative estimate of drug-likeness (QED) is 0.422. The topological polar surface area (TPSA) is 99.9 Å². The van der Waals surface area contributed by atoms with Crippen LogP contribution in [0.3, 0.4) is 0 Å². The summed E-state index contributed by atoms with van der Waals surface area (Å²) in [5.41, 5.74) is 1.13. The number of fused-ring (bicyclic) bond motifs is 1. The number of oxazole rings is 1. The zero-order chi connectivity index (χ0) is 22.0. The van der Waals surface area contributed by atoms with Gasteiger partial charge in [0.1, 0.15) is 12.1 Å². The van der Waals surface area contributed by atoms with E-state index < -0.39 is 0 Å². The number of H-pyrrole nitrogens is 1. The first-order valence-corrected chi connectivity index (χ1v) is 10.4. The number of hydrogen-bond donors (Lipinski definition) is 2. The summed E-state index contributed by atoms with van der Waals surface area (Å²) < 4.78 is 5.49. The molecule has 0 radical (unpaired) electrons. The smallest absolute Gasteiger partial charge is 0.302 e. The van der Waals surface area contributed by atoms with E-state index in [2.05, 4.69) is 39.1 Å². The second-order valence-electron chi connectivity index (χ2n) is 7.71. The van der Waals surface area contributed by atoms with Crippen LogP contribution in [-0.2, 0) is 0 Å². The summed E-state index contributed by atoms with van der Waals surface area (Å²) in [5.74, 6) is 1.41. The highest BCUT2D eigenvalue weighted by molar-refractivity contribution is 6.31. The van der Waals surface area contributed by atoms with Crippen molar-refractivity contribution >= 4 is 40.3 Å². The lowest BCUT2D eigenvalue weighted by Crippen LogP contribution is -2.24. The molecule has 4 rings (SSSR count). The first kappa shape index (κ1) is 20.9. The zero-order valence-electron chi connectivity index (χ0n) is 17.5. The van der Waals surface area contributed by atoms with E-state index in [9.17, 15) is 4.79 Å². The van der Waals surface area contributed by atoms with Crippen LogP contribution in [0, 0.1) is 5.92 Å². The largest absolute Gasteiger partial charge is 0.432 e. The molecule has 0 spiro atoms. The summed E-state index contributed by atoms with van der Waals surface area (Å²) >= 11 is 6.10. The lowest BCUT2D eigenvalue weighted by molar-refractivity contribution is 0.531. The Labute approximate surface area is 184 Å². The third-order valence-corrected chi connectivity index (χ3v) is 5.00. The molecule has 2 N–H and O–H groups in total. The van der Waals surface area contributed by atoms with Crippen molar-refractivity contribution in [3.63, 3.8) is 0 Å². The van der Waals surface area contributed by atoms with E-state index in [-0.39, 0.29) is 11.6 Å². The van der Waals surface area contributed by atoms with E-state index >= 15 is 0 Å². The molecule has 0 unspecified atom stereocenters. The molecule has 1 atom stereocenters. The Hall–Kier alpha value is -3.39. The Balaban J connectivity index is 1.62. The van der Waals surface area contributed by atoms with E-state index in [1.165, 1.54) is 6.26 Å². The Kier molecular flexibility index (Phi) is 5.90. The van der Waals surface area contributed by atoms with Gasteiger partial charge in [-0.2, -0.15) is 4.98 Å². The lowest BCUT2D eigenvalue weighted by Gasteiger charge is -2.22. The predicted molar refractivity (Wildman–Crippen MR) is 122 cm³/mol. The maximum atomic E-state index is 12.6. The molecule has 3 heterocycles. The Bertz CT molecular complexity index is 1240. The minimum absolute atomic E-state index is 0.174. The molecule has 0 saturated heterocycles. The highest BCUT2D eigenvalue weighted by atomic mass is 35.5. The first-order chi connectivity index (χ1) is 14.9. The summed E-state index contributed by atoms with van der Waals surface area (Å²) in [4.78, 5) is 30.6. The number of aromatic nitrogens is 4. The molecule has 0 aliphatic rings. The summed E-state index contributed by atoms with van der Waals surface area (Å²) in [5, 5.41) is 4.69. The van der Waals surface area contributed by atoms with E-state index in [1.54, 1.807) is 30.6 Å². The van der Waals surface area contributed by atoms with Crippen LogP contribution < -0.4 is 15.8 Å². The van der Waals surface area contributed by atoms with Crippen molar-refractivity contribution in [2.24, 2.45) is 5.92 Å². The van der Waals surface area contributed by atoms with Gasteiger partial charge in [0.05, 0.1) is 12.2 Å². The highest BCUT2D eigenvalue weighted by Gasteiger charge is 2.18. The second-order valence-corrected chi connectivity index (χ2v) is 8.15. The van der Waals surface area contributed by atoms with Crippen LogP contribution in [-0.4, -0.2) is 26.5 Å². The number of nitrogens with zero attached hydrogens (tertiary/aromatic N) is 4. The third-order valence-electron chi connectivity index (χ3n) is 4.76. The van der Waals surface area contributed by atoms with Crippen LogP contribution in [0.25, 0.3) is 10.9 Å². The monoisotopic (exact) mass is 438 g/mol. The maximum Gasteiger partial charge on any atom is 0.302 e. The summed E-state index contributed by atoms with van der Waals surface area (Å²) in [7, 11) is 0. The number of anilines is 3. The molecule has 160 valence electrons. The average Bonchev–Trinajstić information content (AvgIpc) is 3.26. The average molecular weight is 439 g/mol. The Morgan fingerprint density at radius 3 is 2.74 bits per heavy atom. The van der Waals surface area contributed by atoms with Gasteiger partial charge in [0, 0.05) is 34.2 Å². The second kappa shape index (κ2) is 8.77. The minimum atomic E-state index is -0.331. The molecule has 8 nitrogen and oxygen atoms in total. The Morgan fingerprint density at radius 2 is 2.00 bits per heavy atom.